The Morgan fingerprint density at radius 3 is 3.12 bits per heavy atom. The Hall–Kier alpha value is -1.27. The SMILES string of the molecule is CCc1nnsc1C(=O)NCc1cccs1. The predicted octanol–water partition coefficient (Wildman–Crippen LogP) is 2.09. The number of rotatable bonds is 4. The molecule has 0 aliphatic carbocycles. The zero-order valence-electron chi connectivity index (χ0n) is 8.77. The van der Waals surface area contributed by atoms with E-state index in [0.717, 1.165) is 28.5 Å². The molecule has 0 saturated carbocycles. The third-order valence-electron chi connectivity index (χ3n) is 2.10. The van der Waals surface area contributed by atoms with E-state index in [1.54, 1.807) is 11.3 Å². The van der Waals surface area contributed by atoms with Gasteiger partial charge in [0.2, 0.25) is 0 Å². The molecule has 2 aromatic rings. The number of nitrogens with one attached hydrogen (secondary N) is 1. The summed E-state index contributed by atoms with van der Waals surface area (Å²) in [4.78, 5) is 13.6. The summed E-state index contributed by atoms with van der Waals surface area (Å²) in [5.41, 5.74) is 0.772. The largest absolute Gasteiger partial charge is 0.346 e. The first-order valence-electron chi connectivity index (χ1n) is 4.93. The molecule has 6 heteroatoms. The average Bonchev–Trinajstić information content (AvgIpc) is 2.96. The number of aromatic nitrogens is 2. The molecule has 1 amide bonds. The summed E-state index contributed by atoms with van der Waals surface area (Å²) >= 11 is 2.78. The van der Waals surface area contributed by atoms with Gasteiger partial charge in [0.15, 0.2) is 0 Å². The fraction of sp³-hybridized carbons (Fsp3) is 0.300. The number of hydrogen-bond acceptors (Lipinski definition) is 5. The Labute approximate surface area is 101 Å². The van der Waals surface area contributed by atoms with Crippen molar-refractivity contribution in [2.75, 3.05) is 0 Å². The van der Waals surface area contributed by atoms with Gasteiger partial charge < -0.3 is 5.32 Å². The monoisotopic (exact) mass is 253 g/mol. The van der Waals surface area contributed by atoms with Gasteiger partial charge in [-0.15, -0.1) is 16.4 Å². The van der Waals surface area contributed by atoms with Crippen molar-refractivity contribution in [3.8, 4) is 0 Å². The number of nitrogens with zero attached hydrogens (tertiary/aromatic N) is 2. The van der Waals surface area contributed by atoms with Crippen LogP contribution in [-0.4, -0.2) is 15.5 Å². The Balaban J connectivity index is 1.98. The Kier molecular flexibility index (Phi) is 3.63. The lowest BCUT2D eigenvalue weighted by Gasteiger charge is -2.01. The van der Waals surface area contributed by atoms with E-state index in [-0.39, 0.29) is 5.91 Å². The molecule has 0 bridgehead atoms. The van der Waals surface area contributed by atoms with Crippen LogP contribution in [-0.2, 0) is 13.0 Å². The summed E-state index contributed by atoms with van der Waals surface area (Å²) in [6, 6.07) is 3.97. The van der Waals surface area contributed by atoms with E-state index in [2.05, 4.69) is 14.9 Å². The molecule has 0 spiro atoms. The molecule has 2 heterocycles. The lowest BCUT2D eigenvalue weighted by atomic mass is 10.3. The van der Waals surface area contributed by atoms with Crippen LogP contribution >= 0.6 is 22.9 Å². The molecule has 0 aliphatic rings. The molecule has 84 valence electrons. The van der Waals surface area contributed by atoms with Crippen molar-refractivity contribution in [3.63, 3.8) is 0 Å². The quantitative estimate of drug-likeness (QED) is 0.907. The van der Waals surface area contributed by atoms with Gasteiger partial charge in [-0.25, -0.2) is 0 Å². The van der Waals surface area contributed by atoms with Gasteiger partial charge in [0, 0.05) is 4.88 Å². The van der Waals surface area contributed by atoms with Gasteiger partial charge in [-0.2, -0.15) is 0 Å². The summed E-state index contributed by atoms with van der Waals surface area (Å²) in [5, 5.41) is 8.77. The van der Waals surface area contributed by atoms with E-state index < -0.39 is 0 Å². The summed E-state index contributed by atoms with van der Waals surface area (Å²) < 4.78 is 3.79. The van der Waals surface area contributed by atoms with Crippen LogP contribution in [0.1, 0.15) is 27.2 Å². The molecule has 0 aromatic carbocycles. The first kappa shape index (κ1) is 11.2. The zero-order chi connectivity index (χ0) is 11.4. The van der Waals surface area contributed by atoms with Crippen molar-refractivity contribution in [1.29, 1.82) is 0 Å². The van der Waals surface area contributed by atoms with Gasteiger partial charge in [-0.1, -0.05) is 17.5 Å². The number of carbonyl (C=O) groups is 1. The van der Waals surface area contributed by atoms with E-state index >= 15 is 0 Å². The average molecular weight is 253 g/mol. The summed E-state index contributed by atoms with van der Waals surface area (Å²) in [5.74, 6) is -0.0831. The van der Waals surface area contributed by atoms with Gasteiger partial charge in [-0.05, 0) is 29.4 Å². The molecule has 0 radical (unpaired) electrons. The minimum Gasteiger partial charge on any atom is -0.346 e. The maximum atomic E-state index is 11.8. The van der Waals surface area contributed by atoms with E-state index in [4.69, 9.17) is 0 Å². The molecular formula is C10H11N3OS2. The highest BCUT2D eigenvalue weighted by Crippen LogP contribution is 2.12. The third kappa shape index (κ3) is 2.45. The Morgan fingerprint density at radius 2 is 2.44 bits per heavy atom. The Morgan fingerprint density at radius 1 is 1.56 bits per heavy atom. The van der Waals surface area contributed by atoms with Crippen molar-refractivity contribution in [2.24, 2.45) is 0 Å². The van der Waals surface area contributed by atoms with Crippen LogP contribution in [0.4, 0.5) is 0 Å². The van der Waals surface area contributed by atoms with Gasteiger partial charge in [0.25, 0.3) is 5.91 Å². The van der Waals surface area contributed by atoms with E-state index in [9.17, 15) is 4.79 Å². The lowest BCUT2D eigenvalue weighted by molar-refractivity contribution is 0.0954. The molecule has 2 rings (SSSR count). The van der Waals surface area contributed by atoms with Crippen LogP contribution in [0.15, 0.2) is 17.5 Å². The van der Waals surface area contributed by atoms with Crippen LogP contribution < -0.4 is 5.32 Å². The van der Waals surface area contributed by atoms with Crippen molar-refractivity contribution >= 4 is 28.8 Å². The standard InChI is InChI=1S/C10H11N3OS2/c1-2-8-9(16-13-12-8)10(14)11-6-7-4-3-5-15-7/h3-5H,2,6H2,1H3,(H,11,14). The first-order chi connectivity index (χ1) is 7.81. The molecule has 0 fully saturated rings. The van der Waals surface area contributed by atoms with Gasteiger partial charge >= 0.3 is 0 Å². The third-order valence-corrected chi connectivity index (χ3v) is 3.74. The highest BCUT2D eigenvalue weighted by atomic mass is 32.1. The fourth-order valence-corrected chi connectivity index (χ4v) is 2.58. The summed E-state index contributed by atoms with van der Waals surface area (Å²) in [7, 11) is 0. The van der Waals surface area contributed by atoms with Crippen molar-refractivity contribution in [1.82, 2.24) is 14.9 Å². The second-order valence-corrected chi connectivity index (χ2v) is 4.95. The molecular weight excluding hydrogens is 242 g/mol. The molecule has 0 atom stereocenters. The van der Waals surface area contributed by atoms with Crippen LogP contribution in [0.5, 0.6) is 0 Å². The number of amides is 1. The van der Waals surface area contributed by atoms with Crippen LogP contribution in [0, 0.1) is 0 Å². The van der Waals surface area contributed by atoms with Crippen LogP contribution in [0.3, 0.4) is 0 Å². The normalized spacial score (nSPS) is 10.3. The van der Waals surface area contributed by atoms with Crippen molar-refractivity contribution in [3.05, 3.63) is 33.0 Å². The molecule has 0 aliphatic heterocycles. The van der Waals surface area contributed by atoms with E-state index in [1.807, 2.05) is 24.4 Å². The minimum atomic E-state index is -0.0831. The number of thiophene rings is 1. The topological polar surface area (TPSA) is 54.9 Å². The first-order valence-corrected chi connectivity index (χ1v) is 6.58. The fourth-order valence-electron chi connectivity index (χ4n) is 1.27. The zero-order valence-corrected chi connectivity index (χ0v) is 10.4. The van der Waals surface area contributed by atoms with E-state index in [1.165, 1.54) is 0 Å². The van der Waals surface area contributed by atoms with Crippen molar-refractivity contribution < 1.29 is 4.79 Å². The van der Waals surface area contributed by atoms with E-state index in [0.29, 0.717) is 11.4 Å². The molecule has 4 nitrogen and oxygen atoms in total. The molecule has 0 saturated heterocycles. The number of aryl methyl sites for hydroxylation is 1. The number of hydrogen-bond donors (Lipinski definition) is 1. The summed E-state index contributed by atoms with van der Waals surface area (Å²) in [6.45, 7) is 2.53. The summed E-state index contributed by atoms with van der Waals surface area (Å²) in [6.07, 6.45) is 0.734. The minimum absolute atomic E-state index is 0.0831. The van der Waals surface area contributed by atoms with Gasteiger partial charge in [0.05, 0.1) is 12.2 Å². The van der Waals surface area contributed by atoms with Crippen LogP contribution in [0.2, 0.25) is 0 Å². The Bertz CT molecular complexity index is 464. The van der Waals surface area contributed by atoms with Crippen molar-refractivity contribution in [2.45, 2.75) is 19.9 Å². The van der Waals surface area contributed by atoms with Crippen LogP contribution in [0.25, 0.3) is 0 Å². The molecule has 2 aromatic heterocycles. The number of carbonyl (C=O) groups excluding carboxylic acids is 1. The maximum absolute atomic E-state index is 11.8. The highest BCUT2D eigenvalue weighted by Gasteiger charge is 2.14. The van der Waals surface area contributed by atoms with Gasteiger partial charge in [-0.3, -0.25) is 4.79 Å². The second kappa shape index (κ2) is 5.18. The highest BCUT2D eigenvalue weighted by molar-refractivity contribution is 7.10. The lowest BCUT2D eigenvalue weighted by Crippen LogP contribution is -2.22. The second-order valence-electron chi connectivity index (χ2n) is 3.16. The van der Waals surface area contributed by atoms with Gasteiger partial charge in [0.1, 0.15) is 4.88 Å². The molecule has 1 N–H and O–H groups in total. The maximum Gasteiger partial charge on any atom is 0.265 e. The molecule has 16 heavy (non-hydrogen) atoms. The smallest absolute Gasteiger partial charge is 0.265 e. The molecule has 0 unspecified atom stereocenters. The predicted molar refractivity (Wildman–Crippen MR) is 64.8 cm³/mol.